The molecular weight excluding hydrogens is 268 g/mol. The average Bonchev–Trinajstić information content (AvgIpc) is 2.53. The van der Waals surface area contributed by atoms with Crippen molar-refractivity contribution in [2.24, 2.45) is 0 Å². The fourth-order valence-electron chi connectivity index (χ4n) is 1.90. The van der Waals surface area contributed by atoms with Crippen molar-refractivity contribution in [1.82, 2.24) is 0 Å². The first-order valence-corrected chi connectivity index (χ1v) is 6.40. The van der Waals surface area contributed by atoms with E-state index in [1.54, 1.807) is 6.07 Å². The van der Waals surface area contributed by atoms with Crippen molar-refractivity contribution in [3.05, 3.63) is 65.7 Å². The fourth-order valence-corrected chi connectivity index (χ4v) is 1.90. The lowest BCUT2D eigenvalue weighted by atomic mass is 10.1. The molecule has 0 radical (unpaired) electrons. The summed E-state index contributed by atoms with van der Waals surface area (Å²) in [6.07, 6.45) is 1.53. The second-order valence-electron chi connectivity index (χ2n) is 4.39. The molecule has 0 atom stereocenters. The summed E-state index contributed by atoms with van der Waals surface area (Å²) in [5, 5.41) is 10.0. The highest BCUT2D eigenvalue weighted by atomic mass is 16.5. The van der Waals surface area contributed by atoms with Crippen LogP contribution in [0.1, 0.15) is 21.5 Å². The number of ether oxygens (including phenoxy) is 2. The van der Waals surface area contributed by atoms with Gasteiger partial charge in [0.05, 0.1) is 7.11 Å². The van der Waals surface area contributed by atoms with Crippen molar-refractivity contribution in [3.8, 4) is 11.5 Å². The predicted octanol–water partition coefficient (Wildman–Crippen LogP) is 3.40. The van der Waals surface area contributed by atoms with Crippen LogP contribution < -0.4 is 4.74 Å². The van der Waals surface area contributed by atoms with Crippen LogP contribution in [-0.2, 0) is 11.3 Å². The molecule has 0 aliphatic rings. The van der Waals surface area contributed by atoms with Crippen LogP contribution in [0.3, 0.4) is 0 Å². The second kappa shape index (κ2) is 6.61. The summed E-state index contributed by atoms with van der Waals surface area (Å²) in [7, 11) is 1.28. The zero-order chi connectivity index (χ0) is 15.2. The van der Waals surface area contributed by atoms with Gasteiger partial charge in [-0.25, -0.2) is 4.79 Å². The van der Waals surface area contributed by atoms with Crippen LogP contribution in [0.4, 0.5) is 0 Å². The van der Waals surface area contributed by atoms with Crippen molar-refractivity contribution >= 4 is 12.0 Å². The number of hydrogen-bond acceptors (Lipinski definition) is 4. The summed E-state index contributed by atoms with van der Waals surface area (Å²) in [6.45, 7) is 3.86. The molecule has 1 N–H and O–H groups in total. The summed E-state index contributed by atoms with van der Waals surface area (Å²) >= 11 is 0. The fraction of sp³-hybridized carbons (Fsp3) is 0.118. The number of esters is 1. The van der Waals surface area contributed by atoms with Gasteiger partial charge in [-0.3, -0.25) is 0 Å². The molecule has 0 bridgehead atoms. The van der Waals surface area contributed by atoms with Gasteiger partial charge >= 0.3 is 5.97 Å². The monoisotopic (exact) mass is 284 g/mol. The Morgan fingerprint density at radius 3 is 2.62 bits per heavy atom. The average molecular weight is 284 g/mol. The first-order valence-electron chi connectivity index (χ1n) is 6.40. The Balaban J connectivity index is 2.33. The van der Waals surface area contributed by atoms with Crippen molar-refractivity contribution in [3.63, 3.8) is 0 Å². The van der Waals surface area contributed by atoms with Crippen LogP contribution in [0.5, 0.6) is 11.5 Å². The molecule has 0 aliphatic heterocycles. The minimum Gasteiger partial charge on any atom is -0.504 e. The number of aromatic hydroxyl groups is 1. The Kier molecular flexibility index (Phi) is 4.61. The third-order valence-electron chi connectivity index (χ3n) is 2.96. The van der Waals surface area contributed by atoms with Crippen molar-refractivity contribution in [2.75, 3.05) is 7.11 Å². The SMILES string of the molecule is C=Cc1cc(O)c(OCc2ccccc2)c(C(=O)OC)c1. The Morgan fingerprint density at radius 2 is 2.00 bits per heavy atom. The van der Waals surface area contributed by atoms with E-state index < -0.39 is 5.97 Å². The van der Waals surface area contributed by atoms with Crippen LogP contribution in [0, 0.1) is 0 Å². The molecule has 0 amide bonds. The quantitative estimate of drug-likeness (QED) is 0.855. The summed E-state index contributed by atoms with van der Waals surface area (Å²) in [4.78, 5) is 11.8. The zero-order valence-corrected chi connectivity index (χ0v) is 11.7. The molecule has 0 heterocycles. The van der Waals surface area contributed by atoms with Gasteiger partial charge in [0.1, 0.15) is 12.2 Å². The molecule has 0 aromatic heterocycles. The maximum Gasteiger partial charge on any atom is 0.341 e. The molecule has 4 nitrogen and oxygen atoms in total. The lowest BCUT2D eigenvalue weighted by Gasteiger charge is -2.13. The van der Waals surface area contributed by atoms with Crippen molar-refractivity contribution in [2.45, 2.75) is 6.61 Å². The van der Waals surface area contributed by atoms with Gasteiger partial charge in [0.15, 0.2) is 11.5 Å². The molecule has 0 unspecified atom stereocenters. The van der Waals surface area contributed by atoms with Gasteiger partial charge in [0, 0.05) is 0 Å². The third-order valence-corrected chi connectivity index (χ3v) is 2.96. The van der Waals surface area contributed by atoms with Crippen molar-refractivity contribution < 1.29 is 19.4 Å². The predicted molar refractivity (Wildman–Crippen MR) is 80.3 cm³/mol. The van der Waals surface area contributed by atoms with Gasteiger partial charge in [-0.15, -0.1) is 0 Å². The van der Waals surface area contributed by atoms with E-state index in [0.717, 1.165) is 5.56 Å². The van der Waals surface area contributed by atoms with Gasteiger partial charge in [0.2, 0.25) is 0 Å². The largest absolute Gasteiger partial charge is 0.504 e. The van der Waals surface area contributed by atoms with E-state index in [1.165, 1.54) is 19.3 Å². The Bertz CT molecular complexity index is 647. The lowest BCUT2D eigenvalue weighted by Crippen LogP contribution is -2.06. The van der Waals surface area contributed by atoms with Gasteiger partial charge in [0.25, 0.3) is 0 Å². The first kappa shape index (κ1) is 14.7. The number of rotatable bonds is 5. The molecule has 0 spiro atoms. The maximum atomic E-state index is 11.8. The highest BCUT2D eigenvalue weighted by Gasteiger charge is 2.18. The van der Waals surface area contributed by atoms with Gasteiger partial charge in [-0.2, -0.15) is 0 Å². The number of phenolic OH excluding ortho intramolecular Hbond substituents is 1. The molecule has 0 saturated heterocycles. The molecule has 4 heteroatoms. The molecule has 0 fully saturated rings. The van der Waals surface area contributed by atoms with Crippen LogP contribution in [0.15, 0.2) is 49.0 Å². The summed E-state index contributed by atoms with van der Waals surface area (Å²) in [5.74, 6) is -0.586. The lowest BCUT2D eigenvalue weighted by molar-refractivity contribution is 0.0594. The number of hydrogen-bond donors (Lipinski definition) is 1. The van der Waals surface area contributed by atoms with Gasteiger partial charge in [-0.1, -0.05) is 43.0 Å². The highest BCUT2D eigenvalue weighted by molar-refractivity contribution is 5.94. The van der Waals surface area contributed by atoms with E-state index in [-0.39, 0.29) is 23.7 Å². The molecule has 108 valence electrons. The van der Waals surface area contributed by atoms with Gasteiger partial charge < -0.3 is 14.6 Å². The molecule has 2 aromatic rings. The standard InChI is InChI=1S/C17H16O4/c1-3-12-9-14(17(19)20-2)16(15(18)10-12)21-11-13-7-5-4-6-8-13/h3-10,18H,1,11H2,2H3. The number of benzene rings is 2. The molecule has 21 heavy (non-hydrogen) atoms. The Hall–Kier alpha value is -2.75. The van der Waals surface area contributed by atoms with Crippen LogP contribution in [0.25, 0.3) is 6.08 Å². The topological polar surface area (TPSA) is 55.8 Å². The normalized spacial score (nSPS) is 9.95. The first-order chi connectivity index (χ1) is 10.2. The number of phenols is 1. The highest BCUT2D eigenvalue weighted by Crippen LogP contribution is 2.33. The minimum absolute atomic E-state index is 0.108. The van der Waals surface area contributed by atoms with Crippen LogP contribution >= 0.6 is 0 Å². The van der Waals surface area contributed by atoms with Crippen LogP contribution in [-0.4, -0.2) is 18.2 Å². The molecule has 2 rings (SSSR count). The van der Waals surface area contributed by atoms with Crippen molar-refractivity contribution in [1.29, 1.82) is 0 Å². The molecular formula is C17H16O4. The number of carbonyl (C=O) groups excluding carboxylic acids is 1. The summed E-state index contributed by atoms with van der Waals surface area (Å²) in [5.41, 5.74) is 1.71. The molecule has 0 aliphatic carbocycles. The van der Waals surface area contributed by atoms with Gasteiger partial charge in [-0.05, 0) is 23.3 Å². The van der Waals surface area contributed by atoms with E-state index in [9.17, 15) is 9.90 Å². The number of carbonyl (C=O) groups is 1. The van der Waals surface area contributed by atoms with E-state index >= 15 is 0 Å². The minimum atomic E-state index is -0.572. The smallest absolute Gasteiger partial charge is 0.341 e. The Morgan fingerprint density at radius 1 is 1.29 bits per heavy atom. The molecule has 2 aromatic carbocycles. The maximum absolute atomic E-state index is 11.8. The summed E-state index contributed by atoms with van der Waals surface area (Å²) in [6, 6.07) is 12.5. The van der Waals surface area contributed by atoms with E-state index in [1.807, 2.05) is 30.3 Å². The summed E-state index contributed by atoms with van der Waals surface area (Å²) < 4.78 is 10.3. The van der Waals surface area contributed by atoms with Crippen LogP contribution in [0.2, 0.25) is 0 Å². The number of methoxy groups -OCH3 is 1. The van der Waals surface area contributed by atoms with E-state index in [0.29, 0.717) is 5.56 Å². The third kappa shape index (κ3) is 3.42. The molecule has 0 saturated carbocycles. The second-order valence-corrected chi connectivity index (χ2v) is 4.39. The van der Waals surface area contributed by atoms with E-state index in [4.69, 9.17) is 9.47 Å². The zero-order valence-electron chi connectivity index (χ0n) is 11.7. The Labute approximate surface area is 123 Å². The van der Waals surface area contributed by atoms with E-state index in [2.05, 4.69) is 6.58 Å².